The van der Waals surface area contributed by atoms with Crippen LogP contribution < -0.4 is 32.7 Å². The standard InChI is InChI=1S/C64H102N8O14/c1-11-50(76)56(40(4)75)71-60(85)63(8,9)36-53(79)46(21-16-17-25-65)68-58(83)44(34-55(66)81)33-52(78)48(35-62(5,6)7)69-57(82)43(30-41-19-14-13-15-20-41)32-51(77)47(31-42-23-26-67-27-24-42)70-61(86)64(10,12-2)37-54(80)49-22-18-28-72(49)59(84)45(38-73)29-39(3)74/h23-24,26-27,40-41,43-49,56,73,75H,11-22,25,28-38,65H2,1-10H3,(H2,66,81)(H,68,83)(H,69,82)(H,70,86)(H,71,85)/t40-,43-,44+,45+,46+,47+,48+,49-,56+,64-/m1/s1. The Morgan fingerprint density at radius 2 is 1.30 bits per heavy atom. The van der Waals surface area contributed by atoms with Crippen molar-refractivity contribution in [2.24, 2.45) is 51.4 Å². The molecule has 1 aliphatic heterocycles. The third-order valence-electron chi connectivity index (χ3n) is 17.1. The van der Waals surface area contributed by atoms with Crippen LogP contribution in [0.2, 0.25) is 0 Å². The Balaban J connectivity index is 1.97. The average Bonchev–Trinajstić information content (AvgIpc) is 4.09. The van der Waals surface area contributed by atoms with Crippen molar-refractivity contribution < 1.29 is 67.7 Å². The van der Waals surface area contributed by atoms with Gasteiger partial charge in [0.25, 0.3) is 0 Å². The summed E-state index contributed by atoms with van der Waals surface area (Å²) in [5.41, 5.74) is 8.74. The second-order valence-electron chi connectivity index (χ2n) is 26.5. The highest BCUT2D eigenvalue weighted by Gasteiger charge is 2.44. The monoisotopic (exact) mass is 1210 g/mol. The second kappa shape index (κ2) is 35.0. The summed E-state index contributed by atoms with van der Waals surface area (Å²) in [5, 5.41) is 31.4. The molecule has 2 fully saturated rings. The van der Waals surface area contributed by atoms with Gasteiger partial charge in [0.1, 0.15) is 11.8 Å². The summed E-state index contributed by atoms with van der Waals surface area (Å²) in [5.74, 6) is -10.2. The number of aromatic nitrogens is 1. The summed E-state index contributed by atoms with van der Waals surface area (Å²) in [6.45, 7) is 16.2. The number of likely N-dealkylation sites (tertiary alicyclic amines) is 1. The highest BCUT2D eigenvalue weighted by Crippen LogP contribution is 2.34. The van der Waals surface area contributed by atoms with Crippen LogP contribution in [-0.2, 0) is 64.0 Å². The fraction of sp³-hybridized carbons (Fsp3) is 0.734. The maximum absolute atomic E-state index is 15.0. The highest BCUT2D eigenvalue weighted by atomic mass is 16.3. The fourth-order valence-electron chi connectivity index (χ4n) is 11.7. The maximum Gasteiger partial charge on any atom is 0.229 e. The lowest BCUT2D eigenvalue weighted by atomic mass is 9.78. The first-order valence-corrected chi connectivity index (χ1v) is 31.1. The van der Waals surface area contributed by atoms with Crippen LogP contribution in [0, 0.1) is 39.9 Å². The van der Waals surface area contributed by atoms with Crippen molar-refractivity contribution in [1.29, 1.82) is 0 Å². The van der Waals surface area contributed by atoms with Crippen molar-refractivity contribution >= 4 is 70.1 Å². The summed E-state index contributed by atoms with van der Waals surface area (Å²) in [6.07, 6.45) is 6.35. The van der Waals surface area contributed by atoms with Gasteiger partial charge in [-0.25, -0.2) is 0 Å². The van der Waals surface area contributed by atoms with Crippen LogP contribution in [0.3, 0.4) is 0 Å². The predicted molar refractivity (Wildman–Crippen MR) is 323 cm³/mol. The van der Waals surface area contributed by atoms with Gasteiger partial charge in [0.2, 0.25) is 35.4 Å². The molecule has 10 atom stereocenters. The molecule has 1 aromatic rings. The van der Waals surface area contributed by atoms with Crippen LogP contribution in [0.25, 0.3) is 0 Å². The average molecular weight is 1210 g/mol. The molecule has 6 amide bonds. The number of nitrogens with zero attached hydrogens (tertiary/aromatic N) is 2. The third-order valence-corrected chi connectivity index (χ3v) is 17.1. The Bertz CT molecular complexity index is 2510. The first-order valence-electron chi connectivity index (χ1n) is 31.1. The van der Waals surface area contributed by atoms with Gasteiger partial charge in [-0.1, -0.05) is 87.5 Å². The lowest BCUT2D eigenvalue weighted by molar-refractivity contribution is -0.145. The molecule has 22 heteroatoms. The van der Waals surface area contributed by atoms with Gasteiger partial charge in [-0.3, -0.25) is 57.7 Å². The number of amides is 6. The number of carbonyl (C=O) groups excluding carboxylic acids is 12. The van der Waals surface area contributed by atoms with Crippen molar-refractivity contribution in [3.8, 4) is 0 Å². The number of primary amides is 1. The summed E-state index contributed by atoms with van der Waals surface area (Å²) in [4.78, 5) is 172. The maximum atomic E-state index is 15.0. The number of nitrogens with two attached hydrogens (primary N) is 2. The molecular weight excluding hydrogens is 1100 g/mol. The minimum Gasteiger partial charge on any atom is -0.396 e. The van der Waals surface area contributed by atoms with Crippen LogP contribution in [0.5, 0.6) is 0 Å². The smallest absolute Gasteiger partial charge is 0.229 e. The summed E-state index contributed by atoms with van der Waals surface area (Å²) in [6, 6.07) is -2.31. The van der Waals surface area contributed by atoms with E-state index in [9.17, 15) is 67.7 Å². The molecule has 1 aliphatic carbocycles. The Hall–Kier alpha value is -6.13. The number of pyridine rings is 1. The molecule has 1 saturated heterocycles. The zero-order chi connectivity index (χ0) is 64.7. The molecule has 0 unspecified atom stereocenters. The largest absolute Gasteiger partial charge is 0.396 e. The van der Waals surface area contributed by atoms with E-state index in [1.807, 2.05) is 20.8 Å². The van der Waals surface area contributed by atoms with E-state index < -0.39 is 155 Å². The van der Waals surface area contributed by atoms with E-state index in [4.69, 9.17) is 11.5 Å². The molecule has 1 saturated carbocycles. The minimum absolute atomic E-state index is 0.00875. The van der Waals surface area contributed by atoms with Gasteiger partial charge in [0, 0.05) is 69.8 Å². The van der Waals surface area contributed by atoms with Crippen LogP contribution in [0.4, 0.5) is 0 Å². The van der Waals surface area contributed by atoms with Gasteiger partial charge in [-0.15, -0.1) is 0 Å². The summed E-state index contributed by atoms with van der Waals surface area (Å²) in [7, 11) is 0. The van der Waals surface area contributed by atoms with E-state index in [2.05, 4.69) is 26.3 Å². The van der Waals surface area contributed by atoms with Crippen molar-refractivity contribution in [2.75, 3.05) is 19.7 Å². The minimum atomic E-state index is -1.42. The number of nitrogens with one attached hydrogen (secondary N) is 4. The Morgan fingerprint density at radius 3 is 1.86 bits per heavy atom. The molecule has 86 heavy (non-hydrogen) atoms. The molecule has 2 aliphatic rings. The van der Waals surface area contributed by atoms with E-state index in [1.165, 1.54) is 32.6 Å². The van der Waals surface area contributed by atoms with Crippen molar-refractivity contribution in [1.82, 2.24) is 31.2 Å². The number of unbranched alkanes of at least 4 members (excludes halogenated alkanes) is 1. The van der Waals surface area contributed by atoms with Crippen LogP contribution in [0.1, 0.15) is 203 Å². The Morgan fingerprint density at radius 1 is 0.698 bits per heavy atom. The number of hydrogen-bond acceptors (Lipinski definition) is 16. The van der Waals surface area contributed by atoms with E-state index in [0.717, 1.165) is 32.1 Å². The van der Waals surface area contributed by atoms with Crippen molar-refractivity contribution in [3.05, 3.63) is 30.1 Å². The normalized spacial score (nSPS) is 18.3. The zero-order valence-electron chi connectivity index (χ0n) is 52.9. The molecule has 0 radical (unpaired) electrons. The van der Waals surface area contributed by atoms with Gasteiger partial charge in [-0.2, -0.15) is 0 Å². The summed E-state index contributed by atoms with van der Waals surface area (Å²) >= 11 is 0. The number of carbonyl (C=O) groups is 12. The predicted octanol–water partition coefficient (Wildman–Crippen LogP) is 4.42. The van der Waals surface area contributed by atoms with Gasteiger partial charge < -0.3 is 52.6 Å². The lowest BCUT2D eigenvalue weighted by Gasteiger charge is -2.33. The number of aliphatic hydroxyl groups excluding tert-OH is 2. The van der Waals surface area contributed by atoms with E-state index in [1.54, 1.807) is 45.3 Å². The Kier molecular flexibility index (Phi) is 30.2. The quantitative estimate of drug-likeness (QED) is 0.0423. The molecule has 482 valence electrons. The number of hydrogen-bond donors (Lipinski definition) is 8. The molecule has 2 heterocycles. The van der Waals surface area contributed by atoms with Gasteiger partial charge in [0.15, 0.2) is 28.9 Å². The number of rotatable bonds is 39. The summed E-state index contributed by atoms with van der Waals surface area (Å²) < 4.78 is 0. The molecule has 0 spiro atoms. The SMILES string of the molecule is CCC(=O)[C@@H](NC(=O)C(C)(C)CC(=O)[C@H](CCCCN)NC(=O)[C@H](CC(N)=O)CC(=O)[C@H](CC(C)(C)C)NC(=O)[C@@H](CC(=O)[C@H](Cc1ccncc1)NC(=O)[C@](C)(CC)CC(=O)[C@H]1CCCN1C(=O)[C@H](CO)CC(C)=O)CC1CCCCC1)[C@@H](C)O. The van der Waals surface area contributed by atoms with Gasteiger partial charge >= 0.3 is 0 Å². The van der Waals surface area contributed by atoms with Crippen molar-refractivity contribution in [3.63, 3.8) is 0 Å². The van der Waals surface area contributed by atoms with Gasteiger partial charge in [-0.05, 0) is 107 Å². The number of Topliss-reactive ketones (excluding diaryl/α,β-unsaturated/α-hetero) is 6. The number of aliphatic hydroxyl groups is 2. The van der Waals surface area contributed by atoms with E-state index >= 15 is 0 Å². The molecule has 22 nitrogen and oxygen atoms in total. The lowest BCUT2D eigenvalue weighted by Crippen LogP contribution is -2.53. The second-order valence-corrected chi connectivity index (χ2v) is 26.5. The topological polar surface area (TPSA) is 362 Å². The number of ketones is 6. The van der Waals surface area contributed by atoms with E-state index in [0.29, 0.717) is 31.2 Å². The molecular formula is C64H102N8O14. The van der Waals surface area contributed by atoms with E-state index in [-0.39, 0.29) is 88.4 Å². The van der Waals surface area contributed by atoms with Crippen molar-refractivity contribution in [2.45, 2.75) is 240 Å². The molecule has 0 bridgehead atoms. The molecule has 0 aromatic carbocycles. The molecule has 1 aromatic heterocycles. The fourth-order valence-corrected chi connectivity index (χ4v) is 11.7. The molecule has 3 rings (SSSR count). The van der Waals surface area contributed by atoms with Crippen LogP contribution in [0.15, 0.2) is 24.5 Å². The first kappa shape index (κ1) is 74.1. The third kappa shape index (κ3) is 23.9. The highest BCUT2D eigenvalue weighted by molar-refractivity contribution is 6.00. The van der Waals surface area contributed by atoms with Gasteiger partial charge in [0.05, 0.1) is 59.5 Å². The van der Waals surface area contributed by atoms with Crippen LogP contribution in [-0.4, -0.2) is 146 Å². The zero-order valence-corrected chi connectivity index (χ0v) is 52.9. The first-order chi connectivity index (χ1) is 40.3. The molecule has 10 N–H and O–H groups in total. The van der Waals surface area contributed by atoms with Crippen LogP contribution >= 0.6 is 0 Å². The Labute approximate surface area is 508 Å².